The van der Waals surface area contributed by atoms with Gasteiger partial charge < -0.3 is 0 Å². The van der Waals surface area contributed by atoms with Gasteiger partial charge in [0.15, 0.2) is 7.29 Å². The fourth-order valence-corrected chi connectivity index (χ4v) is 9.20. The molecular formula is C28H34Cl2NOP. The molecule has 176 valence electrons. The molecule has 2 aromatic carbocycles. The summed E-state index contributed by atoms with van der Waals surface area (Å²) in [6, 6.07) is 20.3. The first-order valence-electron chi connectivity index (χ1n) is 12.3. The lowest BCUT2D eigenvalue weighted by atomic mass is 9.91. The highest BCUT2D eigenvalue weighted by atomic mass is 35.5. The van der Waals surface area contributed by atoms with E-state index in [-0.39, 0.29) is 0 Å². The standard InChI is InChI=1S/C28H34Cl2NOP/c29-27(23-13-5-1-6-14-23)21-33(32,22-28(30)24-15-7-2-8-16-24)31(25-17-9-3-10-18-25)26-19-11-4-12-20-26/h1-2,5-8,13-16,21-22,25-26H,3-4,9-12,17-20H2/b27-21-,28-22-. The number of hydrogen-bond acceptors (Lipinski definition) is 1. The molecule has 0 amide bonds. The third-order valence-corrected chi connectivity index (χ3v) is 10.5. The molecule has 0 N–H and O–H groups in total. The molecule has 0 heterocycles. The molecule has 0 unspecified atom stereocenters. The highest BCUT2D eigenvalue weighted by Crippen LogP contribution is 2.61. The minimum Gasteiger partial charge on any atom is -0.297 e. The lowest BCUT2D eigenvalue weighted by Crippen LogP contribution is -2.42. The van der Waals surface area contributed by atoms with Crippen molar-refractivity contribution in [3.63, 3.8) is 0 Å². The van der Waals surface area contributed by atoms with Crippen LogP contribution >= 0.6 is 30.5 Å². The van der Waals surface area contributed by atoms with Crippen molar-refractivity contribution in [2.75, 3.05) is 0 Å². The van der Waals surface area contributed by atoms with E-state index in [1.807, 2.05) is 72.3 Å². The van der Waals surface area contributed by atoms with Gasteiger partial charge in [-0.15, -0.1) is 0 Å². The largest absolute Gasteiger partial charge is 0.297 e. The normalized spacial score (nSPS) is 19.7. The molecule has 2 nitrogen and oxygen atoms in total. The fourth-order valence-electron chi connectivity index (χ4n) is 5.34. The average molecular weight is 502 g/mol. The Kier molecular flexibility index (Phi) is 8.94. The van der Waals surface area contributed by atoms with Crippen LogP contribution in [0, 0.1) is 0 Å². The first-order chi connectivity index (χ1) is 16.1. The maximum atomic E-state index is 15.1. The van der Waals surface area contributed by atoms with Crippen LogP contribution in [0.3, 0.4) is 0 Å². The Morgan fingerprint density at radius 2 is 1.03 bits per heavy atom. The molecule has 2 aliphatic carbocycles. The molecule has 0 radical (unpaired) electrons. The van der Waals surface area contributed by atoms with Gasteiger partial charge in [0.1, 0.15) is 0 Å². The Hall–Kier alpha value is -1.31. The van der Waals surface area contributed by atoms with E-state index in [9.17, 15) is 0 Å². The molecule has 2 fully saturated rings. The topological polar surface area (TPSA) is 20.3 Å². The molecule has 4 rings (SSSR count). The minimum atomic E-state index is -3.16. The summed E-state index contributed by atoms with van der Waals surface area (Å²) in [5, 5.41) is 1.06. The number of hydrogen-bond donors (Lipinski definition) is 0. The lowest BCUT2D eigenvalue weighted by molar-refractivity contribution is 0.170. The van der Waals surface area contributed by atoms with Crippen LogP contribution in [-0.2, 0) is 4.57 Å². The van der Waals surface area contributed by atoms with Crippen LogP contribution in [0.4, 0.5) is 0 Å². The van der Waals surface area contributed by atoms with Gasteiger partial charge >= 0.3 is 0 Å². The SMILES string of the molecule is O=P(/C=C(\Cl)c1ccccc1)(/C=C(\Cl)c1ccccc1)N(C1CCCCC1)C1CCCCC1. The zero-order valence-electron chi connectivity index (χ0n) is 19.2. The Bertz CT molecular complexity index is 916. The van der Waals surface area contributed by atoms with Gasteiger partial charge in [0.25, 0.3) is 0 Å². The van der Waals surface area contributed by atoms with Crippen molar-refractivity contribution in [2.45, 2.75) is 76.3 Å². The monoisotopic (exact) mass is 501 g/mol. The summed E-state index contributed by atoms with van der Waals surface area (Å²) in [5.74, 6) is 3.64. The number of benzene rings is 2. The van der Waals surface area contributed by atoms with Gasteiger partial charge in [-0.2, -0.15) is 0 Å². The van der Waals surface area contributed by atoms with Gasteiger partial charge in [-0.1, -0.05) is 122 Å². The third-order valence-electron chi connectivity index (χ3n) is 6.95. The summed E-state index contributed by atoms with van der Waals surface area (Å²) in [7, 11) is -3.16. The van der Waals surface area contributed by atoms with Crippen molar-refractivity contribution < 1.29 is 4.57 Å². The molecule has 2 aliphatic rings. The minimum absolute atomic E-state index is 0.306. The highest BCUT2D eigenvalue weighted by Gasteiger charge is 2.39. The Morgan fingerprint density at radius 1 is 0.667 bits per heavy atom. The van der Waals surface area contributed by atoms with Crippen LogP contribution in [0.25, 0.3) is 10.1 Å². The van der Waals surface area contributed by atoms with E-state index in [1.165, 1.54) is 38.5 Å². The average Bonchev–Trinajstić information content (AvgIpc) is 2.86. The maximum absolute atomic E-state index is 15.1. The molecule has 0 bridgehead atoms. The fraction of sp³-hybridized carbons (Fsp3) is 0.429. The van der Waals surface area contributed by atoms with Gasteiger partial charge in [-0.3, -0.25) is 4.57 Å². The van der Waals surface area contributed by atoms with Crippen molar-refractivity contribution in [3.8, 4) is 0 Å². The molecule has 0 spiro atoms. The molecular weight excluding hydrogens is 468 g/mol. The summed E-state index contributed by atoms with van der Waals surface area (Å²) in [6.45, 7) is 0. The van der Waals surface area contributed by atoms with E-state index in [4.69, 9.17) is 23.2 Å². The number of halogens is 2. The molecule has 0 atom stereocenters. The molecule has 0 saturated heterocycles. The summed E-state index contributed by atoms with van der Waals surface area (Å²) in [4.78, 5) is 0. The summed E-state index contributed by atoms with van der Waals surface area (Å²) in [5.41, 5.74) is 1.77. The summed E-state index contributed by atoms with van der Waals surface area (Å²) in [6.07, 6.45) is 11.7. The van der Waals surface area contributed by atoms with E-state index < -0.39 is 7.29 Å². The van der Waals surface area contributed by atoms with E-state index in [1.54, 1.807) is 0 Å². The second-order valence-electron chi connectivity index (χ2n) is 9.32. The Morgan fingerprint density at radius 3 is 1.39 bits per heavy atom. The van der Waals surface area contributed by atoms with Crippen LogP contribution in [0.15, 0.2) is 72.3 Å². The quantitative estimate of drug-likeness (QED) is 0.351. The van der Waals surface area contributed by atoms with Gasteiger partial charge in [-0.25, -0.2) is 4.67 Å². The van der Waals surface area contributed by atoms with Crippen LogP contribution in [0.5, 0.6) is 0 Å². The molecule has 2 saturated carbocycles. The smallest absolute Gasteiger partial charge is 0.196 e. The van der Waals surface area contributed by atoms with Gasteiger partial charge in [0, 0.05) is 23.7 Å². The first-order valence-corrected chi connectivity index (χ1v) is 14.9. The zero-order chi connectivity index (χ0) is 23.1. The van der Waals surface area contributed by atoms with Crippen molar-refractivity contribution in [2.24, 2.45) is 0 Å². The second-order valence-corrected chi connectivity index (χ2v) is 12.5. The maximum Gasteiger partial charge on any atom is 0.196 e. The van der Waals surface area contributed by atoms with Crippen LogP contribution in [-0.4, -0.2) is 16.8 Å². The van der Waals surface area contributed by atoms with E-state index >= 15 is 4.57 Å². The molecule has 2 aromatic rings. The van der Waals surface area contributed by atoms with Crippen LogP contribution < -0.4 is 0 Å². The van der Waals surface area contributed by atoms with Crippen LogP contribution in [0.2, 0.25) is 0 Å². The number of rotatable bonds is 7. The molecule has 33 heavy (non-hydrogen) atoms. The van der Waals surface area contributed by atoms with Gasteiger partial charge in [-0.05, 0) is 36.8 Å². The van der Waals surface area contributed by atoms with Gasteiger partial charge in [0.2, 0.25) is 0 Å². The highest BCUT2D eigenvalue weighted by molar-refractivity contribution is 7.68. The van der Waals surface area contributed by atoms with Crippen molar-refractivity contribution >= 4 is 40.6 Å². The lowest BCUT2D eigenvalue weighted by Gasteiger charge is -2.44. The summed E-state index contributed by atoms with van der Waals surface area (Å²) < 4.78 is 17.4. The summed E-state index contributed by atoms with van der Waals surface area (Å²) >= 11 is 13.7. The van der Waals surface area contributed by atoms with Gasteiger partial charge in [0.05, 0.1) is 10.1 Å². The molecule has 0 aromatic heterocycles. The first kappa shape index (κ1) is 24.8. The molecule has 5 heteroatoms. The van der Waals surface area contributed by atoms with E-state index in [0.29, 0.717) is 22.1 Å². The van der Waals surface area contributed by atoms with Crippen molar-refractivity contribution in [1.29, 1.82) is 0 Å². The third kappa shape index (κ3) is 6.43. The number of nitrogens with zero attached hydrogens (tertiary/aromatic N) is 1. The van der Waals surface area contributed by atoms with Crippen molar-refractivity contribution in [1.82, 2.24) is 4.67 Å². The second kappa shape index (κ2) is 11.9. The predicted octanol–water partition coefficient (Wildman–Crippen LogP) is 9.71. The van der Waals surface area contributed by atoms with Crippen LogP contribution in [0.1, 0.15) is 75.3 Å². The van der Waals surface area contributed by atoms with E-state index in [0.717, 1.165) is 36.8 Å². The molecule has 0 aliphatic heterocycles. The predicted molar refractivity (Wildman–Crippen MR) is 144 cm³/mol. The van der Waals surface area contributed by atoms with Crippen molar-refractivity contribution in [3.05, 3.63) is 83.4 Å². The Labute approximate surface area is 209 Å². The van der Waals surface area contributed by atoms with E-state index in [2.05, 4.69) is 4.67 Å². The zero-order valence-corrected chi connectivity index (χ0v) is 21.6. The Balaban J connectivity index is 1.82.